The van der Waals surface area contributed by atoms with Crippen molar-refractivity contribution in [2.75, 3.05) is 6.61 Å². The Balaban J connectivity index is 2.32. The average molecular weight is 267 g/mol. The monoisotopic (exact) mass is 267 g/mol. The van der Waals surface area contributed by atoms with Gasteiger partial charge in [-0.05, 0) is 13.8 Å². The van der Waals surface area contributed by atoms with Gasteiger partial charge in [0.2, 0.25) is 5.91 Å². The van der Waals surface area contributed by atoms with Crippen LogP contribution < -0.4 is 0 Å². The Morgan fingerprint density at radius 1 is 1.63 bits per heavy atom. The van der Waals surface area contributed by atoms with Crippen molar-refractivity contribution in [2.45, 2.75) is 32.4 Å². The first-order valence-electron chi connectivity index (χ1n) is 6.19. The molecule has 0 unspecified atom stereocenters. The fourth-order valence-corrected chi connectivity index (χ4v) is 2.78. The summed E-state index contributed by atoms with van der Waals surface area (Å²) in [5, 5.41) is 18.8. The third-order valence-corrected chi connectivity index (χ3v) is 3.59. The Labute approximate surface area is 111 Å². The normalized spacial score (nSPS) is 26.9. The number of nitrogens with zero attached hydrogens (tertiary/aromatic N) is 1. The van der Waals surface area contributed by atoms with Crippen LogP contribution >= 0.6 is 0 Å². The summed E-state index contributed by atoms with van der Waals surface area (Å²) in [6.07, 6.45) is -0.426. The van der Waals surface area contributed by atoms with Gasteiger partial charge in [0.05, 0.1) is 24.7 Å². The van der Waals surface area contributed by atoms with E-state index >= 15 is 0 Å². The maximum atomic E-state index is 11.9. The highest BCUT2D eigenvalue weighted by atomic mass is 16.5. The molecule has 6 nitrogen and oxygen atoms in total. The van der Waals surface area contributed by atoms with E-state index in [1.165, 1.54) is 11.8 Å². The zero-order valence-electron chi connectivity index (χ0n) is 10.9. The number of hydrogen-bond donors (Lipinski definition) is 2. The maximum absolute atomic E-state index is 11.9. The van der Waals surface area contributed by atoms with E-state index in [1.54, 1.807) is 6.92 Å². The number of fused-ring (bicyclic) bond motifs is 1. The Hall–Kier alpha value is -1.82. The molecule has 0 aromatic rings. The highest BCUT2D eigenvalue weighted by Gasteiger charge is 2.57. The van der Waals surface area contributed by atoms with E-state index in [-0.39, 0.29) is 23.4 Å². The van der Waals surface area contributed by atoms with Crippen molar-refractivity contribution >= 4 is 11.9 Å². The SMILES string of the molecule is C=C(OCC)C1=C(C(=O)O)N2C(=O)[C@H]([C@@H](C)O)[C@@H]2C1. The fourth-order valence-electron chi connectivity index (χ4n) is 2.78. The molecule has 2 heterocycles. The van der Waals surface area contributed by atoms with Crippen LogP contribution in [0.15, 0.2) is 23.6 Å². The number of carboxylic acid groups (broad SMARTS) is 1. The molecule has 0 saturated carbocycles. The fraction of sp³-hybridized carbons (Fsp3) is 0.538. The van der Waals surface area contributed by atoms with Gasteiger partial charge >= 0.3 is 5.97 Å². The summed E-state index contributed by atoms with van der Waals surface area (Å²) in [7, 11) is 0. The zero-order chi connectivity index (χ0) is 14.3. The van der Waals surface area contributed by atoms with E-state index in [4.69, 9.17) is 4.74 Å². The van der Waals surface area contributed by atoms with E-state index < -0.39 is 18.0 Å². The van der Waals surface area contributed by atoms with Crippen LogP contribution in [0.3, 0.4) is 0 Å². The number of carbonyl (C=O) groups excluding carboxylic acids is 1. The van der Waals surface area contributed by atoms with Gasteiger partial charge < -0.3 is 19.8 Å². The number of hydrogen-bond acceptors (Lipinski definition) is 4. The van der Waals surface area contributed by atoms with E-state index in [1.807, 2.05) is 0 Å². The maximum Gasteiger partial charge on any atom is 0.353 e. The summed E-state index contributed by atoms with van der Waals surface area (Å²) in [6.45, 7) is 7.40. The van der Waals surface area contributed by atoms with Gasteiger partial charge in [0, 0.05) is 12.0 Å². The molecule has 2 aliphatic heterocycles. The molecule has 1 saturated heterocycles. The van der Waals surface area contributed by atoms with Gasteiger partial charge in [-0.3, -0.25) is 4.79 Å². The largest absolute Gasteiger partial charge is 0.494 e. The zero-order valence-corrected chi connectivity index (χ0v) is 10.9. The lowest BCUT2D eigenvalue weighted by molar-refractivity contribution is -0.161. The molecule has 0 aliphatic carbocycles. The van der Waals surface area contributed by atoms with Crippen molar-refractivity contribution in [3.8, 4) is 0 Å². The first-order valence-corrected chi connectivity index (χ1v) is 6.19. The van der Waals surface area contributed by atoms with Crippen molar-refractivity contribution in [3.63, 3.8) is 0 Å². The van der Waals surface area contributed by atoms with Gasteiger partial charge in [-0.15, -0.1) is 0 Å². The summed E-state index contributed by atoms with van der Waals surface area (Å²) in [5.41, 5.74) is 0.376. The number of rotatable bonds is 5. The molecule has 6 heteroatoms. The second-order valence-corrected chi connectivity index (χ2v) is 4.73. The van der Waals surface area contributed by atoms with Crippen molar-refractivity contribution in [3.05, 3.63) is 23.6 Å². The standard InChI is InChI=1S/C13H17NO5/c1-4-19-7(3)8-5-9-10(6(2)15)12(16)14(9)11(8)13(17)18/h6,9-10,15H,3-5H2,1-2H3,(H,17,18)/t6-,9+,10-/m1/s1. The number of ether oxygens (including phenoxy) is 1. The Kier molecular flexibility index (Phi) is 3.36. The molecule has 1 amide bonds. The highest BCUT2D eigenvalue weighted by molar-refractivity contribution is 6.00. The van der Waals surface area contributed by atoms with Gasteiger partial charge in [-0.2, -0.15) is 0 Å². The molecule has 0 bridgehead atoms. The minimum atomic E-state index is -1.17. The first kappa shape index (κ1) is 13.6. The molecular formula is C13H17NO5. The summed E-state index contributed by atoms with van der Waals surface area (Å²) in [6, 6.07) is -0.300. The lowest BCUT2D eigenvalue weighted by Crippen LogP contribution is -2.61. The van der Waals surface area contributed by atoms with Crippen molar-refractivity contribution in [2.24, 2.45) is 5.92 Å². The van der Waals surface area contributed by atoms with E-state index in [9.17, 15) is 19.8 Å². The van der Waals surface area contributed by atoms with Crippen LogP contribution in [-0.4, -0.2) is 45.7 Å². The molecule has 19 heavy (non-hydrogen) atoms. The molecule has 2 N–H and O–H groups in total. The number of carboxylic acids is 1. The van der Waals surface area contributed by atoms with Crippen LogP contribution in [0.25, 0.3) is 0 Å². The molecular weight excluding hydrogens is 250 g/mol. The van der Waals surface area contributed by atoms with Gasteiger partial charge in [0.15, 0.2) is 0 Å². The topological polar surface area (TPSA) is 87.1 Å². The number of β-lactam (4-membered cyclic amide) rings is 1. The predicted molar refractivity (Wildman–Crippen MR) is 65.8 cm³/mol. The van der Waals surface area contributed by atoms with Crippen LogP contribution in [0.1, 0.15) is 20.3 Å². The van der Waals surface area contributed by atoms with Crippen molar-refractivity contribution in [1.82, 2.24) is 4.90 Å². The Morgan fingerprint density at radius 3 is 2.74 bits per heavy atom. The molecule has 2 rings (SSSR count). The van der Waals surface area contributed by atoms with E-state index in [0.717, 1.165) is 0 Å². The number of carbonyl (C=O) groups is 2. The number of allylic oxidation sites excluding steroid dienone is 1. The molecule has 1 fully saturated rings. The Morgan fingerprint density at radius 2 is 2.26 bits per heavy atom. The van der Waals surface area contributed by atoms with Gasteiger partial charge in [-0.1, -0.05) is 6.58 Å². The number of aliphatic carboxylic acids is 1. The van der Waals surface area contributed by atoms with Crippen LogP contribution in [0, 0.1) is 5.92 Å². The van der Waals surface area contributed by atoms with Crippen LogP contribution in [0.2, 0.25) is 0 Å². The second-order valence-electron chi connectivity index (χ2n) is 4.73. The highest BCUT2D eigenvalue weighted by Crippen LogP contribution is 2.45. The summed E-state index contributed by atoms with van der Waals surface area (Å²) < 4.78 is 5.25. The quantitative estimate of drug-likeness (QED) is 0.559. The molecule has 3 atom stereocenters. The molecule has 0 aromatic carbocycles. The van der Waals surface area contributed by atoms with Crippen LogP contribution in [-0.2, 0) is 14.3 Å². The van der Waals surface area contributed by atoms with Gasteiger partial charge in [0.1, 0.15) is 11.5 Å². The molecule has 0 aromatic heterocycles. The molecule has 0 spiro atoms. The second kappa shape index (κ2) is 4.70. The van der Waals surface area contributed by atoms with E-state index in [2.05, 4.69) is 6.58 Å². The minimum absolute atomic E-state index is 0.0645. The smallest absolute Gasteiger partial charge is 0.353 e. The number of aliphatic hydroxyl groups is 1. The summed E-state index contributed by atoms with van der Waals surface area (Å²) >= 11 is 0. The third kappa shape index (κ3) is 1.92. The number of amides is 1. The molecule has 2 aliphatic rings. The predicted octanol–water partition coefficient (Wildman–Crippen LogP) is 0.487. The first-order chi connectivity index (χ1) is 8.90. The lowest BCUT2D eigenvalue weighted by Gasteiger charge is -2.44. The van der Waals surface area contributed by atoms with Crippen LogP contribution in [0.4, 0.5) is 0 Å². The third-order valence-electron chi connectivity index (χ3n) is 3.59. The average Bonchev–Trinajstić information content (AvgIpc) is 2.64. The van der Waals surface area contributed by atoms with Crippen molar-refractivity contribution in [1.29, 1.82) is 0 Å². The van der Waals surface area contributed by atoms with Gasteiger partial charge in [0.25, 0.3) is 0 Å². The molecule has 0 radical (unpaired) electrons. The number of aliphatic hydroxyl groups excluding tert-OH is 1. The summed E-state index contributed by atoms with van der Waals surface area (Å²) in [4.78, 5) is 24.5. The summed E-state index contributed by atoms with van der Waals surface area (Å²) in [5.74, 6) is -1.78. The Bertz CT molecular complexity index is 479. The minimum Gasteiger partial charge on any atom is -0.494 e. The lowest BCUT2D eigenvalue weighted by atomic mass is 9.83. The van der Waals surface area contributed by atoms with Crippen molar-refractivity contribution < 1.29 is 24.5 Å². The van der Waals surface area contributed by atoms with E-state index in [0.29, 0.717) is 18.6 Å². The van der Waals surface area contributed by atoms with Crippen LogP contribution in [0.5, 0.6) is 0 Å². The molecule has 104 valence electrons. The van der Waals surface area contributed by atoms with Gasteiger partial charge in [-0.25, -0.2) is 4.79 Å².